The van der Waals surface area contributed by atoms with Crippen LogP contribution >= 0.6 is 0 Å². The zero-order chi connectivity index (χ0) is 15.9. The predicted molar refractivity (Wildman–Crippen MR) is 74.4 cm³/mol. The van der Waals surface area contributed by atoms with Gasteiger partial charge in [0.2, 0.25) is 5.91 Å². The standard InChI is InChI=1S/C15H11F3N2O2/c16-15(17,18)13-7-9-6-10(19)3-4-12(9)20(13)14(21)8-11-2-1-5-22-11/h1-7H,8,19H2. The summed E-state index contributed by atoms with van der Waals surface area (Å²) < 4.78 is 45.3. The first-order valence-electron chi connectivity index (χ1n) is 6.40. The molecule has 0 aliphatic rings. The maximum Gasteiger partial charge on any atom is 0.431 e. The lowest BCUT2D eigenvalue weighted by molar-refractivity contribution is -0.142. The summed E-state index contributed by atoms with van der Waals surface area (Å²) in [4.78, 5) is 12.3. The van der Waals surface area contributed by atoms with Gasteiger partial charge < -0.3 is 10.2 Å². The second-order valence-corrected chi connectivity index (χ2v) is 4.83. The van der Waals surface area contributed by atoms with Crippen LogP contribution in [0, 0.1) is 0 Å². The van der Waals surface area contributed by atoms with E-state index in [0.717, 1.165) is 6.07 Å². The van der Waals surface area contributed by atoms with Crippen LogP contribution in [0.3, 0.4) is 0 Å². The van der Waals surface area contributed by atoms with Gasteiger partial charge >= 0.3 is 6.18 Å². The van der Waals surface area contributed by atoms with Crippen LogP contribution in [0.1, 0.15) is 16.2 Å². The highest BCUT2D eigenvalue weighted by Gasteiger charge is 2.37. The van der Waals surface area contributed by atoms with Gasteiger partial charge in [0.05, 0.1) is 18.2 Å². The molecule has 0 saturated carbocycles. The van der Waals surface area contributed by atoms with Crippen molar-refractivity contribution in [3.8, 4) is 0 Å². The summed E-state index contributed by atoms with van der Waals surface area (Å²) in [7, 11) is 0. The van der Waals surface area contributed by atoms with Crippen molar-refractivity contribution in [2.75, 3.05) is 5.73 Å². The molecule has 0 radical (unpaired) electrons. The Bertz CT molecular complexity index is 832. The predicted octanol–water partition coefficient (Wildman–Crippen LogP) is 3.72. The van der Waals surface area contributed by atoms with Gasteiger partial charge in [-0.1, -0.05) is 0 Å². The fourth-order valence-corrected chi connectivity index (χ4v) is 2.35. The Kier molecular flexibility index (Phi) is 3.20. The quantitative estimate of drug-likeness (QED) is 0.734. The number of carbonyl (C=O) groups is 1. The number of hydrogen-bond acceptors (Lipinski definition) is 3. The Labute approximate surface area is 122 Å². The van der Waals surface area contributed by atoms with E-state index in [-0.39, 0.29) is 17.3 Å². The summed E-state index contributed by atoms with van der Waals surface area (Å²) >= 11 is 0. The number of nitrogen functional groups attached to an aromatic ring is 1. The van der Waals surface area contributed by atoms with E-state index in [4.69, 9.17) is 10.2 Å². The van der Waals surface area contributed by atoms with Gasteiger partial charge in [-0.15, -0.1) is 0 Å². The molecule has 3 rings (SSSR count). The molecule has 0 saturated heterocycles. The average Bonchev–Trinajstić information content (AvgIpc) is 3.03. The third-order valence-electron chi connectivity index (χ3n) is 3.27. The maximum atomic E-state index is 13.2. The number of nitrogens with zero attached hydrogens (tertiary/aromatic N) is 1. The van der Waals surface area contributed by atoms with Crippen LogP contribution in [-0.4, -0.2) is 10.5 Å². The largest absolute Gasteiger partial charge is 0.469 e. The Hall–Kier alpha value is -2.70. The van der Waals surface area contributed by atoms with Gasteiger partial charge in [-0.25, -0.2) is 0 Å². The van der Waals surface area contributed by atoms with Crippen molar-refractivity contribution in [2.24, 2.45) is 0 Å². The highest BCUT2D eigenvalue weighted by atomic mass is 19.4. The normalized spacial score (nSPS) is 12.0. The number of aromatic nitrogens is 1. The molecule has 0 amide bonds. The SMILES string of the molecule is Nc1ccc2c(c1)cc(C(F)(F)F)n2C(=O)Cc1ccco1. The molecule has 0 atom stereocenters. The average molecular weight is 308 g/mol. The third kappa shape index (κ3) is 2.45. The van der Waals surface area contributed by atoms with E-state index in [9.17, 15) is 18.0 Å². The van der Waals surface area contributed by atoms with E-state index in [1.165, 1.54) is 30.5 Å². The van der Waals surface area contributed by atoms with Crippen molar-refractivity contribution in [3.63, 3.8) is 0 Å². The van der Waals surface area contributed by atoms with Crippen LogP contribution in [0.2, 0.25) is 0 Å². The maximum absolute atomic E-state index is 13.2. The number of nitrogens with two attached hydrogens (primary N) is 1. The molecule has 22 heavy (non-hydrogen) atoms. The van der Waals surface area contributed by atoms with E-state index in [1.807, 2.05) is 0 Å². The number of furan rings is 1. The van der Waals surface area contributed by atoms with Gasteiger partial charge in [0, 0.05) is 11.1 Å². The van der Waals surface area contributed by atoms with Crippen LogP contribution in [-0.2, 0) is 12.6 Å². The van der Waals surface area contributed by atoms with Crippen molar-refractivity contribution in [1.29, 1.82) is 0 Å². The topological polar surface area (TPSA) is 61.2 Å². The number of anilines is 1. The van der Waals surface area contributed by atoms with Gasteiger partial charge in [0.25, 0.3) is 0 Å². The molecule has 0 aliphatic heterocycles. The van der Waals surface area contributed by atoms with Crippen LogP contribution < -0.4 is 5.73 Å². The van der Waals surface area contributed by atoms with Gasteiger partial charge in [-0.05, 0) is 36.4 Å². The van der Waals surface area contributed by atoms with Gasteiger partial charge in [0.15, 0.2) is 0 Å². The number of rotatable bonds is 2. The molecule has 0 fully saturated rings. The minimum atomic E-state index is -4.65. The molecule has 3 aromatic rings. The fraction of sp³-hybridized carbons (Fsp3) is 0.133. The molecule has 0 bridgehead atoms. The number of carbonyl (C=O) groups excluding carboxylic acids is 1. The summed E-state index contributed by atoms with van der Waals surface area (Å²) in [5.74, 6) is -0.419. The minimum absolute atomic E-state index is 0.165. The van der Waals surface area contributed by atoms with Crippen molar-refractivity contribution < 1.29 is 22.4 Å². The number of halogens is 3. The zero-order valence-corrected chi connectivity index (χ0v) is 11.2. The van der Waals surface area contributed by atoms with Gasteiger partial charge in [-0.2, -0.15) is 13.2 Å². The molecule has 2 aromatic heterocycles. The molecule has 2 N–H and O–H groups in total. The summed E-state index contributed by atoms with van der Waals surface area (Å²) in [6.07, 6.45) is -3.54. The summed E-state index contributed by atoms with van der Waals surface area (Å²) in [6.45, 7) is 0. The van der Waals surface area contributed by atoms with Crippen LogP contribution in [0.25, 0.3) is 10.9 Å². The molecule has 2 heterocycles. The Balaban J connectivity index is 2.15. The van der Waals surface area contributed by atoms with E-state index in [2.05, 4.69) is 0 Å². The lowest BCUT2D eigenvalue weighted by Gasteiger charge is -2.11. The molecule has 7 heteroatoms. The molecular formula is C15H11F3N2O2. The zero-order valence-electron chi connectivity index (χ0n) is 11.2. The van der Waals surface area contributed by atoms with Crippen LogP contribution in [0.5, 0.6) is 0 Å². The van der Waals surface area contributed by atoms with Crippen molar-refractivity contribution in [2.45, 2.75) is 12.6 Å². The van der Waals surface area contributed by atoms with E-state index < -0.39 is 17.8 Å². The Morgan fingerprint density at radius 1 is 1.23 bits per heavy atom. The van der Waals surface area contributed by atoms with E-state index in [0.29, 0.717) is 16.0 Å². The van der Waals surface area contributed by atoms with Crippen molar-refractivity contribution in [3.05, 3.63) is 54.1 Å². The van der Waals surface area contributed by atoms with E-state index >= 15 is 0 Å². The first kappa shape index (κ1) is 14.2. The van der Waals surface area contributed by atoms with Gasteiger partial charge in [0.1, 0.15) is 11.5 Å². The second-order valence-electron chi connectivity index (χ2n) is 4.83. The van der Waals surface area contributed by atoms with E-state index in [1.54, 1.807) is 6.07 Å². The third-order valence-corrected chi connectivity index (χ3v) is 3.27. The number of hydrogen-bond donors (Lipinski definition) is 1. The lowest BCUT2D eigenvalue weighted by atomic mass is 10.2. The number of alkyl halides is 3. The molecule has 0 unspecified atom stereocenters. The molecule has 4 nitrogen and oxygen atoms in total. The summed E-state index contributed by atoms with van der Waals surface area (Å²) in [5.41, 5.74) is 5.06. The smallest absolute Gasteiger partial charge is 0.431 e. The van der Waals surface area contributed by atoms with Gasteiger partial charge in [-0.3, -0.25) is 9.36 Å². The summed E-state index contributed by atoms with van der Waals surface area (Å²) in [6, 6.07) is 8.29. The first-order valence-corrected chi connectivity index (χ1v) is 6.40. The van der Waals surface area contributed by atoms with Crippen molar-refractivity contribution in [1.82, 2.24) is 4.57 Å². The molecule has 114 valence electrons. The van der Waals surface area contributed by atoms with Crippen LogP contribution in [0.4, 0.5) is 18.9 Å². The first-order chi connectivity index (χ1) is 10.4. The number of fused-ring (bicyclic) bond motifs is 1. The fourth-order valence-electron chi connectivity index (χ4n) is 2.35. The second kappa shape index (κ2) is 4.94. The molecule has 0 spiro atoms. The lowest BCUT2D eigenvalue weighted by Crippen LogP contribution is -2.21. The summed E-state index contributed by atoms with van der Waals surface area (Å²) in [5, 5.41) is 0.264. The Morgan fingerprint density at radius 2 is 2.00 bits per heavy atom. The van der Waals surface area contributed by atoms with Crippen molar-refractivity contribution >= 4 is 22.5 Å². The monoisotopic (exact) mass is 308 g/mol. The Morgan fingerprint density at radius 3 is 2.64 bits per heavy atom. The highest BCUT2D eigenvalue weighted by molar-refractivity contribution is 5.95. The highest BCUT2D eigenvalue weighted by Crippen LogP contribution is 2.34. The molecule has 1 aromatic carbocycles. The molecular weight excluding hydrogens is 297 g/mol. The molecule has 0 aliphatic carbocycles. The van der Waals surface area contributed by atoms with Crippen LogP contribution in [0.15, 0.2) is 47.1 Å². The minimum Gasteiger partial charge on any atom is -0.469 e. The number of benzene rings is 1.